The van der Waals surface area contributed by atoms with Crippen LogP contribution >= 0.6 is 11.8 Å². The molecule has 1 aliphatic heterocycles. The Hall–Kier alpha value is -2.03. The first-order valence-electron chi connectivity index (χ1n) is 9.90. The molecular formula is C22H28N2O4S2. The molecule has 0 aromatic heterocycles. The van der Waals surface area contributed by atoms with E-state index in [2.05, 4.69) is 10.2 Å². The number of ether oxygens (including phenoxy) is 1. The minimum Gasteiger partial charge on any atom is -0.497 e. The predicted octanol–water partition coefficient (Wildman–Crippen LogP) is 3.44. The first kappa shape index (κ1) is 22.7. The molecule has 0 spiro atoms. The van der Waals surface area contributed by atoms with Crippen LogP contribution in [0.3, 0.4) is 0 Å². The number of rotatable bonds is 9. The lowest BCUT2D eigenvalue weighted by Gasteiger charge is -2.28. The summed E-state index contributed by atoms with van der Waals surface area (Å²) in [5.41, 5.74) is 1.87. The molecule has 2 aromatic rings. The smallest absolute Gasteiger partial charge is 0.225 e. The number of para-hydroxylation sites is 1. The van der Waals surface area contributed by atoms with Crippen LogP contribution in [0.2, 0.25) is 0 Å². The van der Waals surface area contributed by atoms with Crippen LogP contribution in [0.5, 0.6) is 5.75 Å². The second-order valence-electron chi connectivity index (χ2n) is 7.37. The van der Waals surface area contributed by atoms with E-state index in [0.29, 0.717) is 25.9 Å². The molecule has 2 aromatic carbocycles. The number of methoxy groups -OCH3 is 1. The lowest BCUT2D eigenvalue weighted by Crippen LogP contribution is -2.37. The number of hydrogen-bond donors (Lipinski definition) is 1. The molecule has 1 saturated heterocycles. The lowest BCUT2D eigenvalue weighted by molar-refractivity contribution is -0.116. The highest BCUT2D eigenvalue weighted by Crippen LogP contribution is 2.25. The van der Waals surface area contributed by atoms with Gasteiger partial charge < -0.3 is 10.1 Å². The quantitative estimate of drug-likeness (QED) is 0.593. The van der Waals surface area contributed by atoms with Gasteiger partial charge in [0.25, 0.3) is 0 Å². The highest BCUT2D eigenvalue weighted by atomic mass is 32.2. The molecule has 162 valence electrons. The third-order valence-electron chi connectivity index (χ3n) is 5.28. The van der Waals surface area contributed by atoms with Crippen molar-refractivity contribution in [2.45, 2.75) is 30.3 Å². The fourth-order valence-corrected chi connectivity index (χ4v) is 5.94. The van der Waals surface area contributed by atoms with Crippen LogP contribution < -0.4 is 10.1 Å². The summed E-state index contributed by atoms with van der Waals surface area (Å²) in [5.74, 6) is 1.07. The summed E-state index contributed by atoms with van der Waals surface area (Å²) < 4.78 is 29.2. The summed E-state index contributed by atoms with van der Waals surface area (Å²) >= 11 is 1.58. The summed E-state index contributed by atoms with van der Waals surface area (Å²) in [4.78, 5) is 15.7. The summed E-state index contributed by atoms with van der Waals surface area (Å²) in [6.07, 6.45) is 2.88. The van der Waals surface area contributed by atoms with Gasteiger partial charge in [-0.3, -0.25) is 9.69 Å². The van der Waals surface area contributed by atoms with E-state index >= 15 is 0 Å². The molecule has 1 atom stereocenters. The molecule has 1 N–H and O–H groups in total. The highest BCUT2D eigenvalue weighted by Gasteiger charge is 2.32. The fourth-order valence-electron chi connectivity index (χ4n) is 3.63. The number of nitrogens with zero attached hydrogens (tertiary/aromatic N) is 1. The van der Waals surface area contributed by atoms with E-state index in [9.17, 15) is 13.2 Å². The van der Waals surface area contributed by atoms with Gasteiger partial charge in [-0.25, -0.2) is 8.42 Å². The first-order valence-corrected chi connectivity index (χ1v) is 12.9. The molecule has 3 rings (SSSR count). The van der Waals surface area contributed by atoms with Crippen molar-refractivity contribution in [2.75, 3.05) is 36.7 Å². The van der Waals surface area contributed by atoms with Crippen molar-refractivity contribution in [3.63, 3.8) is 0 Å². The van der Waals surface area contributed by atoms with Crippen molar-refractivity contribution in [1.82, 2.24) is 4.90 Å². The van der Waals surface area contributed by atoms with Crippen LogP contribution in [0.4, 0.5) is 5.69 Å². The van der Waals surface area contributed by atoms with Gasteiger partial charge in [0.2, 0.25) is 5.91 Å². The maximum absolute atomic E-state index is 12.6. The number of carbonyl (C=O) groups is 1. The molecule has 1 aliphatic rings. The third-order valence-corrected chi connectivity index (χ3v) is 7.82. The van der Waals surface area contributed by atoms with E-state index in [0.717, 1.165) is 21.9 Å². The van der Waals surface area contributed by atoms with Gasteiger partial charge in [0.05, 0.1) is 24.3 Å². The topological polar surface area (TPSA) is 75.7 Å². The summed E-state index contributed by atoms with van der Waals surface area (Å²) in [7, 11) is -1.38. The Morgan fingerprint density at radius 2 is 1.93 bits per heavy atom. The van der Waals surface area contributed by atoms with Crippen LogP contribution in [0.15, 0.2) is 53.4 Å². The van der Waals surface area contributed by atoms with E-state index in [4.69, 9.17) is 4.74 Å². The van der Waals surface area contributed by atoms with Gasteiger partial charge in [0, 0.05) is 30.4 Å². The lowest BCUT2D eigenvalue weighted by atomic mass is 10.1. The Labute approximate surface area is 182 Å². The molecule has 0 saturated carbocycles. The van der Waals surface area contributed by atoms with Crippen LogP contribution in [-0.2, 0) is 21.2 Å². The average Bonchev–Trinajstić information content (AvgIpc) is 3.11. The van der Waals surface area contributed by atoms with Crippen LogP contribution in [0.1, 0.15) is 18.4 Å². The number of sulfone groups is 1. The SMILES string of the molecule is COc1ccc(CN(CCC(=O)Nc2ccccc2SC)C2CCS(=O)(=O)C2)cc1. The van der Waals surface area contributed by atoms with Gasteiger partial charge in [-0.1, -0.05) is 24.3 Å². The van der Waals surface area contributed by atoms with Gasteiger partial charge in [0.15, 0.2) is 9.84 Å². The predicted molar refractivity (Wildman–Crippen MR) is 122 cm³/mol. The number of carbonyl (C=O) groups excluding carboxylic acids is 1. The van der Waals surface area contributed by atoms with Crippen LogP contribution in [0.25, 0.3) is 0 Å². The minimum atomic E-state index is -3.00. The maximum Gasteiger partial charge on any atom is 0.225 e. The van der Waals surface area contributed by atoms with E-state index in [1.54, 1.807) is 18.9 Å². The largest absolute Gasteiger partial charge is 0.497 e. The maximum atomic E-state index is 12.6. The number of amides is 1. The monoisotopic (exact) mass is 448 g/mol. The molecule has 1 unspecified atom stereocenters. The van der Waals surface area contributed by atoms with Crippen LogP contribution in [-0.4, -0.2) is 56.7 Å². The Bertz CT molecular complexity index is 961. The summed E-state index contributed by atoms with van der Waals surface area (Å²) in [5, 5.41) is 2.98. The molecular weight excluding hydrogens is 420 g/mol. The number of nitrogens with one attached hydrogen (secondary N) is 1. The zero-order chi connectivity index (χ0) is 21.6. The van der Waals surface area contributed by atoms with Gasteiger partial charge >= 0.3 is 0 Å². The van der Waals surface area contributed by atoms with Crippen LogP contribution in [0, 0.1) is 0 Å². The van der Waals surface area contributed by atoms with E-state index in [-0.39, 0.29) is 23.5 Å². The molecule has 8 heteroatoms. The fraction of sp³-hybridized carbons (Fsp3) is 0.409. The minimum absolute atomic E-state index is 0.0663. The van der Waals surface area contributed by atoms with Gasteiger partial charge in [-0.2, -0.15) is 0 Å². The van der Waals surface area contributed by atoms with Crippen molar-refractivity contribution in [2.24, 2.45) is 0 Å². The number of hydrogen-bond acceptors (Lipinski definition) is 6. The Kier molecular flexibility index (Phi) is 7.80. The van der Waals surface area contributed by atoms with E-state index in [1.807, 2.05) is 54.8 Å². The van der Waals surface area contributed by atoms with Crippen molar-refractivity contribution in [3.05, 3.63) is 54.1 Å². The third kappa shape index (κ3) is 6.23. The van der Waals surface area contributed by atoms with Crippen molar-refractivity contribution in [1.29, 1.82) is 0 Å². The van der Waals surface area contributed by atoms with Crippen molar-refractivity contribution < 1.29 is 17.9 Å². The molecule has 6 nitrogen and oxygen atoms in total. The number of benzene rings is 2. The molecule has 30 heavy (non-hydrogen) atoms. The highest BCUT2D eigenvalue weighted by molar-refractivity contribution is 7.98. The summed E-state index contributed by atoms with van der Waals surface area (Å²) in [6, 6.07) is 15.4. The zero-order valence-electron chi connectivity index (χ0n) is 17.3. The van der Waals surface area contributed by atoms with Gasteiger partial charge in [-0.05, 0) is 42.5 Å². The number of thioether (sulfide) groups is 1. The Balaban J connectivity index is 1.66. The van der Waals surface area contributed by atoms with Gasteiger partial charge in [-0.15, -0.1) is 11.8 Å². The second-order valence-corrected chi connectivity index (χ2v) is 10.5. The molecule has 0 bridgehead atoms. The zero-order valence-corrected chi connectivity index (χ0v) is 19.0. The van der Waals surface area contributed by atoms with Crippen molar-refractivity contribution in [3.8, 4) is 5.75 Å². The summed E-state index contributed by atoms with van der Waals surface area (Å²) in [6.45, 7) is 1.10. The Morgan fingerprint density at radius 1 is 1.20 bits per heavy atom. The second kappa shape index (κ2) is 10.3. The normalized spacial score (nSPS) is 17.8. The molecule has 1 heterocycles. The first-order chi connectivity index (χ1) is 14.4. The van der Waals surface area contributed by atoms with Crippen molar-refractivity contribution >= 4 is 33.2 Å². The van der Waals surface area contributed by atoms with E-state index < -0.39 is 9.84 Å². The molecule has 0 radical (unpaired) electrons. The van der Waals surface area contributed by atoms with E-state index in [1.165, 1.54) is 0 Å². The number of anilines is 1. The molecule has 1 fully saturated rings. The Morgan fingerprint density at radius 3 is 2.57 bits per heavy atom. The standard InChI is InChI=1S/C22H28N2O4S2/c1-28-19-9-7-17(8-10-19)15-24(18-12-14-30(26,27)16-18)13-11-22(25)23-20-5-3-4-6-21(20)29-2/h3-10,18H,11-16H2,1-2H3,(H,23,25). The molecule has 0 aliphatic carbocycles. The average molecular weight is 449 g/mol. The van der Waals surface area contributed by atoms with Gasteiger partial charge in [0.1, 0.15) is 5.75 Å². The molecule has 1 amide bonds.